The van der Waals surface area contributed by atoms with Gasteiger partial charge >= 0.3 is 0 Å². The van der Waals surface area contributed by atoms with Gasteiger partial charge in [-0.15, -0.1) is 0 Å². The number of carbonyl (C=O) groups excluding carboxylic acids is 1. The van der Waals surface area contributed by atoms with E-state index in [9.17, 15) is 4.79 Å². The van der Waals surface area contributed by atoms with Crippen LogP contribution >= 0.6 is 0 Å². The summed E-state index contributed by atoms with van der Waals surface area (Å²) in [5, 5.41) is 0. The van der Waals surface area contributed by atoms with Gasteiger partial charge in [0.15, 0.2) is 6.29 Å². The van der Waals surface area contributed by atoms with Gasteiger partial charge in [0.05, 0.1) is 0 Å². The molecular formula is C12H14O. The molecule has 1 nitrogen and oxygen atoms in total. The predicted molar refractivity (Wildman–Crippen MR) is 55.5 cm³/mol. The molecule has 0 N–H and O–H groups in total. The first-order valence-corrected chi connectivity index (χ1v) is 4.35. The van der Waals surface area contributed by atoms with E-state index in [1.54, 1.807) is 0 Å². The normalized spacial score (nSPS) is 7.31. The maximum Gasteiger partial charge on any atom is 0.193 e. The summed E-state index contributed by atoms with van der Waals surface area (Å²) in [4.78, 5) is 9.87. The monoisotopic (exact) mass is 174 g/mol. The number of hydrogen-bond acceptors (Lipinski definition) is 1. The summed E-state index contributed by atoms with van der Waals surface area (Å²) in [5.74, 6) is 5.06. The lowest BCUT2D eigenvalue weighted by Crippen LogP contribution is -1.74. The van der Waals surface area contributed by atoms with Gasteiger partial charge in [0.1, 0.15) is 0 Å². The molecular weight excluding hydrogens is 160 g/mol. The quantitative estimate of drug-likeness (QED) is 0.436. The van der Waals surface area contributed by atoms with Crippen molar-refractivity contribution in [3.8, 4) is 11.8 Å². The number of hydrogen-bond donors (Lipinski definition) is 0. The van der Waals surface area contributed by atoms with Crippen LogP contribution in [0.5, 0.6) is 0 Å². The van der Waals surface area contributed by atoms with Crippen LogP contribution in [0.2, 0.25) is 0 Å². The van der Waals surface area contributed by atoms with E-state index in [-0.39, 0.29) is 0 Å². The minimum absolute atomic E-state index is 0.597. The Morgan fingerprint density at radius 3 is 2.15 bits per heavy atom. The van der Waals surface area contributed by atoms with E-state index in [2.05, 4.69) is 11.8 Å². The average Bonchev–Trinajstić information content (AvgIpc) is 2.20. The zero-order valence-electron chi connectivity index (χ0n) is 8.29. The molecule has 0 amide bonds. The summed E-state index contributed by atoms with van der Waals surface area (Å²) >= 11 is 0. The Morgan fingerprint density at radius 1 is 1.15 bits per heavy atom. The second kappa shape index (κ2) is 7.12. The third kappa shape index (κ3) is 4.81. The molecule has 0 heterocycles. The van der Waals surface area contributed by atoms with Gasteiger partial charge in [0.25, 0.3) is 0 Å². The fourth-order valence-corrected chi connectivity index (χ4v) is 0.750. The fraction of sp³-hybridized carbons (Fsp3) is 0.250. The van der Waals surface area contributed by atoms with Crippen molar-refractivity contribution in [2.24, 2.45) is 0 Å². The van der Waals surface area contributed by atoms with E-state index in [4.69, 9.17) is 0 Å². The summed E-state index contributed by atoms with van der Waals surface area (Å²) in [6.07, 6.45) is 0.597. The summed E-state index contributed by atoms with van der Waals surface area (Å²) in [7, 11) is 0. The molecule has 1 aromatic rings. The molecule has 0 spiro atoms. The van der Waals surface area contributed by atoms with Crippen molar-refractivity contribution in [2.45, 2.75) is 20.8 Å². The first kappa shape index (κ1) is 11.4. The lowest BCUT2D eigenvalue weighted by atomic mass is 10.2. The van der Waals surface area contributed by atoms with Crippen molar-refractivity contribution in [3.63, 3.8) is 0 Å². The maximum absolute atomic E-state index is 9.87. The molecule has 1 heteroatoms. The first-order chi connectivity index (χ1) is 6.33. The van der Waals surface area contributed by atoms with E-state index in [0.29, 0.717) is 6.29 Å². The Balaban J connectivity index is 0.000000671. The third-order valence-corrected chi connectivity index (χ3v) is 1.33. The fourth-order valence-electron chi connectivity index (χ4n) is 0.750. The van der Waals surface area contributed by atoms with E-state index >= 15 is 0 Å². The van der Waals surface area contributed by atoms with Crippen molar-refractivity contribution >= 4 is 6.29 Å². The molecule has 0 aliphatic rings. The Morgan fingerprint density at radius 2 is 1.69 bits per heavy atom. The summed E-state index contributed by atoms with van der Waals surface area (Å²) in [6.45, 7) is 6.01. The van der Waals surface area contributed by atoms with Gasteiger partial charge in [-0.25, -0.2) is 0 Å². The molecule has 0 saturated carbocycles. The van der Waals surface area contributed by atoms with Crippen LogP contribution in [0.4, 0.5) is 0 Å². The summed E-state index contributed by atoms with van der Waals surface area (Å²) in [5.41, 5.74) is 2.07. The van der Waals surface area contributed by atoms with Crippen LogP contribution in [-0.2, 0) is 4.79 Å². The predicted octanol–water partition coefficient (Wildman–Crippen LogP) is 2.57. The van der Waals surface area contributed by atoms with Crippen molar-refractivity contribution in [1.82, 2.24) is 0 Å². The van der Waals surface area contributed by atoms with Crippen LogP contribution < -0.4 is 0 Å². The van der Waals surface area contributed by atoms with Gasteiger partial charge in [-0.05, 0) is 25.0 Å². The molecule has 0 saturated heterocycles. The van der Waals surface area contributed by atoms with Gasteiger partial charge in [0.2, 0.25) is 0 Å². The highest BCUT2D eigenvalue weighted by atomic mass is 16.1. The minimum atomic E-state index is 0.597. The highest BCUT2D eigenvalue weighted by Gasteiger charge is 1.84. The van der Waals surface area contributed by atoms with Crippen molar-refractivity contribution < 1.29 is 4.79 Å². The number of carbonyl (C=O) groups is 1. The van der Waals surface area contributed by atoms with Gasteiger partial charge < -0.3 is 0 Å². The highest BCUT2D eigenvalue weighted by molar-refractivity contribution is 5.73. The Hall–Kier alpha value is -1.55. The van der Waals surface area contributed by atoms with E-state index in [0.717, 1.165) is 5.56 Å². The molecule has 68 valence electrons. The van der Waals surface area contributed by atoms with Crippen LogP contribution in [0.3, 0.4) is 0 Å². The smallest absolute Gasteiger partial charge is 0.193 e. The second-order valence-corrected chi connectivity index (χ2v) is 2.25. The van der Waals surface area contributed by atoms with Crippen LogP contribution in [0, 0.1) is 18.8 Å². The largest absolute Gasteiger partial charge is 0.289 e. The molecule has 0 aliphatic heterocycles. The topological polar surface area (TPSA) is 17.1 Å². The average molecular weight is 174 g/mol. The zero-order valence-corrected chi connectivity index (χ0v) is 8.29. The van der Waals surface area contributed by atoms with Crippen molar-refractivity contribution in [3.05, 3.63) is 35.4 Å². The maximum atomic E-state index is 9.87. The Kier molecular flexibility index (Phi) is 6.27. The third-order valence-electron chi connectivity index (χ3n) is 1.33. The van der Waals surface area contributed by atoms with Crippen LogP contribution in [0.25, 0.3) is 0 Å². The Labute approximate surface area is 79.8 Å². The number of aryl methyl sites for hydroxylation is 1. The molecule has 0 aliphatic carbocycles. The molecule has 0 aromatic heterocycles. The zero-order chi connectivity index (χ0) is 10.1. The molecule has 0 atom stereocenters. The number of aldehydes is 1. The number of benzene rings is 1. The van der Waals surface area contributed by atoms with Gasteiger partial charge in [0, 0.05) is 5.56 Å². The molecule has 0 radical (unpaired) electrons. The lowest BCUT2D eigenvalue weighted by Gasteiger charge is -1.89. The van der Waals surface area contributed by atoms with E-state index in [1.165, 1.54) is 5.56 Å². The SMILES string of the molecule is CC.Cc1ccc(C#CC=O)cc1. The van der Waals surface area contributed by atoms with Gasteiger partial charge in [-0.1, -0.05) is 37.5 Å². The lowest BCUT2D eigenvalue weighted by molar-refractivity contribution is -0.103. The summed E-state index contributed by atoms with van der Waals surface area (Å²) in [6, 6.07) is 7.72. The molecule has 13 heavy (non-hydrogen) atoms. The van der Waals surface area contributed by atoms with Gasteiger partial charge in [-0.3, -0.25) is 4.79 Å². The number of rotatable bonds is 0. The summed E-state index contributed by atoms with van der Waals surface area (Å²) < 4.78 is 0. The molecule has 0 bridgehead atoms. The van der Waals surface area contributed by atoms with Gasteiger partial charge in [-0.2, -0.15) is 0 Å². The second-order valence-electron chi connectivity index (χ2n) is 2.25. The van der Waals surface area contributed by atoms with Crippen LogP contribution in [-0.4, -0.2) is 6.29 Å². The molecule has 0 unspecified atom stereocenters. The molecule has 1 rings (SSSR count). The minimum Gasteiger partial charge on any atom is -0.289 e. The highest BCUT2D eigenvalue weighted by Crippen LogP contribution is 2.00. The first-order valence-electron chi connectivity index (χ1n) is 4.35. The van der Waals surface area contributed by atoms with E-state index < -0.39 is 0 Å². The Bertz CT molecular complexity index is 298. The van der Waals surface area contributed by atoms with Crippen LogP contribution in [0.1, 0.15) is 25.0 Å². The standard InChI is InChI=1S/C10H8O.C2H6/c1-9-4-6-10(7-5-9)3-2-8-11;1-2/h4-8H,1H3;1-2H3. The molecule has 0 fully saturated rings. The van der Waals surface area contributed by atoms with Crippen LogP contribution in [0.15, 0.2) is 24.3 Å². The van der Waals surface area contributed by atoms with E-state index in [1.807, 2.05) is 45.0 Å². The van der Waals surface area contributed by atoms with Crippen molar-refractivity contribution in [2.75, 3.05) is 0 Å². The van der Waals surface area contributed by atoms with Crippen molar-refractivity contribution in [1.29, 1.82) is 0 Å². The molecule has 1 aromatic carbocycles.